The van der Waals surface area contributed by atoms with E-state index < -0.39 is 0 Å². The Morgan fingerprint density at radius 1 is 1.10 bits per heavy atom. The highest BCUT2D eigenvalue weighted by molar-refractivity contribution is 7.17. The van der Waals surface area contributed by atoms with Gasteiger partial charge in [-0.25, -0.2) is 4.98 Å². The minimum Gasteiger partial charge on any atom is -0.339 e. The fourth-order valence-electron chi connectivity index (χ4n) is 2.28. The molecule has 5 nitrogen and oxygen atoms in total. The molecule has 0 aliphatic rings. The molecule has 0 saturated heterocycles. The van der Waals surface area contributed by atoms with Crippen molar-refractivity contribution in [1.82, 2.24) is 19.5 Å². The number of aromatic nitrogens is 4. The number of fused-ring (bicyclic) bond motifs is 1. The molecule has 0 aliphatic heterocycles. The van der Waals surface area contributed by atoms with Crippen molar-refractivity contribution in [1.29, 1.82) is 0 Å². The second-order valence-corrected chi connectivity index (χ2v) is 6.09. The molecule has 0 saturated carbocycles. The molecule has 0 atom stereocenters. The molecule has 0 amide bonds. The van der Waals surface area contributed by atoms with E-state index in [2.05, 4.69) is 32.6 Å². The summed E-state index contributed by atoms with van der Waals surface area (Å²) in [7, 11) is 0. The van der Waals surface area contributed by atoms with Crippen molar-refractivity contribution in [3.63, 3.8) is 0 Å². The van der Waals surface area contributed by atoms with Crippen LogP contribution in [-0.4, -0.2) is 19.5 Å². The summed E-state index contributed by atoms with van der Waals surface area (Å²) in [4.78, 5) is 11.2. The van der Waals surface area contributed by atoms with Crippen LogP contribution in [-0.2, 0) is 0 Å². The SMILES string of the molecule is Cc1nc(-c2cccc(-c3cn4cc(C)sc4n3)c2)no1. The van der Waals surface area contributed by atoms with Gasteiger partial charge in [-0.2, -0.15) is 4.98 Å². The summed E-state index contributed by atoms with van der Waals surface area (Å²) in [5, 5.41) is 3.96. The molecule has 0 radical (unpaired) electrons. The van der Waals surface area contributed by atoms with Crippen LogP contribution in [0, 0.1) is 13.8 Å². The lowest BCUT2D eigenvalue weighted by molar-refractivity contribution is 0.394. The fourth-order valence-corrected chi connectivity index (χ4v) is 3.09. The molecule has 4 rings (SSSR count). The Morgan fingerprint density at radius 2 is 1.95 bits per heavy atom. The number of hydrogen-bond acceptors (Lipinski definition) is 5. The highest BCUT2D eigenvalue weighted by Crippen LogP contribution is 2.26. The molecule has 0 aliphatic carbocycles. The van der Waals surface area contributed by atoms with E-state index in [0.717, 1.165) is 21.8 Å². The summed E-state index contributed by atoms with van der Waals surface area (Å²) in [5.74, 6) is 1.17. The fraction of sp³-hybridized carbons (Fsp3) is 0.133. The van der Waals surface area contributed by atoms with E-state index in [1.165, 1.54) is 4.88 Å². The number of benzene rings is 1. The summed E-state index contributed by atoms with van der Waals surface area (Å²) in [6, 6.07) is 8.02. The van der Waals surface area contributed by atoms with Crippen LogP contribution in [0.15, 0.2) is 41.2 Å². The van der Waals surface area contributed by atoms with Gasteiger partial charge in [-0.3, -0.25) is 4.40 Å². The smallest absolute Gasteiger partial charge is 0.223 e. The first-order chi connectivity index (χ1) is 10.2. The van der Waals surface area contributed by atoms with E-state index >= 15 is 0 Å². The maximum atomic E-state index is 5.03. The Morgan fingerprint density at radius 3 is 2.71 bits per heavy atom. The van der Waals surface area contributed by atoms with Crippen molar-refractivity contribution in [2.24, 2.45) is 0 Å². The van der Waals surface area contributed by atoms with E-state index in [1.54, 1.807) is 18.3 Å². The van der Waals surface area contributed by atoms with Crippen molar-refractivity contribution in [2.75, 3.05) is 0 Å². The molecule has 104 valence electrons. The molecule has 1 aromatic carbocycles. The van der Waals surface area contributed by atoms with Gasteiger partial charge in [0, 0.05) is 35.3 Å². The predicted octanol–water partition coefficient (Wildman–Crippen LogP) is 3.73. The van der Waals surface area contributed by atoms with Crippen LogP contribution in [0.5, 0.6) is 0 Å². The highest BCUT2D eigenvalue weighted by Gasteiger charge is 2.10. The van der Waals surface area contributed by atoms with Crippen molar-refractivity contribution >= 4 is 16.3 Å². The van der Waals surface area contributed by atoms with Gasteiger partial charge in [-0.05, 0) is 13.0 Å². The van der Waals surface area contributed by atoms with E-state index in [4.69, 9.17) is 4.52 Å². The predicted molar refractivity (Wildman–Crippen MR) is 81.3 cm³/mol. The van der Waals surface area contributed by atoms with Gasteiger partial charge in [0.1, 0.15) is 0 Å². The van der Waals surface area contributed by atoms with Crippen LogP contribution in [0.25, 0.3) is 27.6 Å². The first-order valence-electron chi connectivity index (χ1n) is 6.55. The average Bonchev–Trinajstić information content (AvgIpc) is 3.13. The Kier molecular flexibility index (Phi) is 2.65. The van der Waals surface area contributed by atoms with Crippen molar-refractivity contribution < 1.29 is 4.52 Å². The molecule has 3 heterocycles. The van der Waals surface area contributed by atoms with Crippen LogP contribution in [0.2, 0.25) is 0 Å². The summed E-state index contributed by atoms with van der Waals surface area (Å²) in [6.07, 6.45) is 4.13. The second kappa shape index (κ2) is 4.53. The molecule has 4 aromatic rings. The molecule has 0 bridgehead atoms. The van der Waals surface area contributed by atoms with Crippen LogP contribution in [0.4, 0.5) is 0 Å². The standard InChI is InChI=1S/C15H12N4OS/c1-9-7-19-8-13(17-15(19)21-9)11-4-3-5-12(6-11)14-16-10(2)20-18-14/h3-8H,1-2H3. The van der Waals surface area contributed by atoms with Gasteiger partial charge in [0.25, 0.3) is 0 Å². The van der Waals surface area contributed by atoms with E-state index in [1.807, 2.05) is 30.5 Å². The van der Waals surface area contributed by atoms with Gasteiger partial charge >= 0.3 is 0 Å². The third-order valence-corrected chi connectivity index (χ3v) is 4.13. The Labute approximate surface area is 124 Å². The zero-order valence-electron chi connectivity index (χ0n) is 11.6. The summed E-state index contributed by atoms with van der Waals surface area (Å²) < 4.78 is 7.09. The maximum absolute atomic E-state index is 5.03. The Balaban J connectivity index is 1.79. The number of aryl methyl sites for hydroxylation is 2. The van der Waals surface area contributed by atoms with Crippen molar-refractivity contribution in [2.45, 2.75) is 13.8 Å². The van der Waals surface area contributed by atoms with E-state index in [-0.39, 0.29) is 0 Å². The van der Waals surface area contributed by atoms with Gasteiger partial charge in [0.15, 0.2) is 4.96 Å². The van der Waals surface area contributed by atoms with Crippen LogP contribution < -0.4 is 0 Å². The molecule has 6 heteroatoms. The Hall–Kier alpha value is -2.47. The topological polar surface area (TPSA) is 56.2 Å². The third kappa shape index (κ3) is 2.13. The molecule has 21 heavy (non-hydrogen) atoms. The number of thiazole rings is 1. The second-order valence-electron chi connectivity index (χ2n) is 4.88. The minimum absolute atomic E-state index is 0.563. The molecule has 0 spiro atoms. The maximum Gasteiger partial charge on any atom is 0.223 e. The Bertz CT molecular complexity index is 903. The lowest BCUT2D eigenvalue weighted by Crippen LogP contribution is -1.83. The third-order valence-electron chi connectivity index (χ3n) is 3.22. The quantitative estimate of drug-likeness (QED) is 0.565. The first-order valence-corrected chi connectivity index (χ1v) is 7.37. The summed E-state index contributed by atoms with van der Waals surface area (Å²) in [5.41, 5.74) is 2.92. The van der Waals surface area contributed by atoms with Crippen molar-refractivity contribution in [3.8, 4) is 22.6 Å². The average molecular weight is 296 g/mol. The van der Waals surface area contributed by atoms with Gasteiger partial charge in [-0.1, -0.05) is 23.4 Å². The number of nitrogens with zero attached hydrogens (tertiary/aromatic N) is 4. The molecular weight excluding hydrogens is 284 g/mol. The molecule has 3 aromatic heterocycles. The molecular formula is C15H12N4OS. The van der Waals surface area contributed by atoms with Gasteiger partial charge in [0.05, 0.1) is 5.69 Å². The monoisotopic (exact) mass is 296 g/mol. The highest BCUT2D eigenvalue weighted by atomic mass is 32.1. The van der Waals surface area contributed by atoms with Gasteiger partial charge < -0.3 is 4.52 Å². The number of hydrogen-bond donors (Lipinski definition) is 0. The summed E-state index contributed by atoms with van der Waals surface area (Å²) >= 11 is 1.68. The molecule has 0 unspecified atom stereocenters. The number of imidazole rings is 1. The normalized spacial score (nSPS) is 11.3. The largest absolute Gasteiger partial charge is 0.339 e. The van der Waals surface area contributed by atoms with Crippen LogP contribution >= 0.6 is 11.3 Å². The lowest BCUT2D eigenvalue weighted by atomic mass is 10.1. The zero-order chi connectivity index (χ0) is 14.4. The van der Waals surface area contributed by atoms with Gasteiger partial charge in [-0.15, -0.1) is 11.3 Å². The first kappa shape index (κ1) is 12.3. The molecule has 0 fully saturated rings. The molecule has 0 N–H and O–H groups in total. The lowest BCUT2D eigenvalue weighted by Gasteiger charge is -1.99. The van der Waals surface area contributed by atoms with Crippen LogP contribution in [0.3, 0.4) is 0 Å². The van der Waals surface area contributed by atoms with E-state index in [0.29, 0.717) is 11.7 Å². The zero-order valence-corrected chi connectivity index (χ0v) is 12.4. The summed E-state index contributed by atoms with van der Waals surface area (Å²) in [6.45, 7) is 3.87. The van der Waals surface area contributed by atoms with Crippen molar-refractivity contribution in [3.05, 3.63) is 47.4 Å². The minimum atomic E-state index is 0.563. The number of rotatable bonds is 2. The van der Waals surface area contributed by atoms with E-state index in [9.17, 15) is 0 Å². The van der Waals surface area contributed by atoms with Crippen LogP contribution in [0.1, 0.15) is 10.8 Å². The van der Waals surface area contributed by atoms with Gasteiger partial charge in [0.2, 0.25) is 11.7 Å².